The highest BCUT2D eigenvalue weighted by molar-refractivity contribution is 7.89. The second-order valence-corrected chi connectivity index (χ2v) is 9.19. The van der Waals surface area contributed by atoms with Crippen LogP contribution in [0.5, 0.6) is 0 Å². The molecule has 0 fully saturated rings. The van der Waals surface area contributed by atoms with Crippen molar-refractivity contribution in [3.8, 4) is 5.82 Å². The summed E-state index contributed by atoms with van der Waals surface area (Å²) in [5, 5.41) is 4.27. The van der Waals surface area contributed by atoms with Gasteiger partial charge in [-0.2, -0.15) is 9.40 Å². The van der Waals surface area contributed by atoms with Gasteiger partial charge < -0.3 is 0 Å². The number of benzene rings is 1. The number of pyridine rings is 1. The van der Waals surface area contributed by atoms with Crippen molar-refractivity contribution in [1.29, 1.82) is 0 Å². The van der Waals surface area contributed by atoms with Gasteiger partial charge >= 0.3 is 0 Å². The smallest absolute Gasteiger partial charge is 0.237 e. The molecule has 0 saturated carbocycles. The summed E-state index contributed by atoms with van der Waals surface area (Å²) in [4.78, 5) is 4.45. The molecule has 0 radical (unpaired) electrons. The standard InChI is InChI=1S/C20H24N4O2S/c1-16-18(14-22-24(16)19-12-8-9-13-21-19)27(25,26)23(20(2,3)4)15-17-10-6-5-7-11-17/h5-14H,15H2,1-4H3. The molecule has 2 heterocycles. The van der Waals surface area contributed by atoms with Gasteiger partial charge in [-0.3, -0.25) is 0 Å². The van der Waals surface area contributed by atoms with Gasteiger partial charge in [0.15, 0.2) is 5.82 Å². The fourth-order valence-corrected chi connectivity index (χ4v) is 4.83. The predicted octanol–water partition coefficient (Wildman–Crippen LogP) is 3.57. The van der Waals surface area contributed by atoms with E-state index in [0.717, 1.165) is 5.56 Å². The third kappa shape index (κ3) is 3.94. The molecular formula is C20H24N4O2S. The summed E-state index contributed by atoms with van der Waals surface area (Å²) in [7, 11) is -3.75. The molecule has 0 unspecified atom stereocenters. The molecule has 7 heteroatoms. The molecule has 6 nitrogen and oxygen atoms in total. The lowest BCUT2D eigenvalue weighted by Crippen LogP contribution is -2.45. The molecule has 27 heavy (non-hydrogen) atoms. The van der Waals surface area contributed by atoms with Gasteiger partial charge in [-0.05, 0) is 45.4 Å². The lowest BCUT2D eigenvalue weighted by Gasteiger charge is -2.34. The van der Waals surface area contributed by atoms with E-state index in [0.29, 0.717) is 18.1 Å². The Balaban J connectivity index is 2.04. The summed E-state index contributed by atoms with van der Waals surface area (Å²) in [5.74, 6) is 0.585. The van der Waals surface area contributed by atoms with Crippen LogP contribution in [0.1, 0.15) is 32.0 Å². The number of hydrogen-bond donors (Lipinski definition) is 0. The van der Waals surface area contributed by atoms with E-state index >= 15 is 0 Å². The van der Waals surface area contributed by atoms with Crippen molar-refractivity contribution in [2.75, 3.05) is 0 Å². The molecule has 0 amide bonds. The number of aromatic nitrogens is 3. The van der Waals surface area contributed by atoms with E-state index in [1.165, 1.54) is 10.5 Å². The van der Waals surface area contributed by atoms with Gasteiger partial charge in [0.25, 0.3) is 0 Å². The molecule has 3 rings (SSSR count). The molecule has 3 aromatic rings. The van der Waals surface area contributed by atoms with Crippen LogP contribution >= 0.6 is 0 Å². The normalized spacial score (nSPS) is 12.5. The van der Waals surface area contributed by atoms with Gasteiger partial charge in [0.2, 0.25) is 10.0 Å². The van der Waals surface area contributed by atoms with E-state index in [4.69, 9.17) is 0 Å². The first-order valence-corrected chi connectivity index (χ1v) is 10.2. The summed E-state index contributed by atoms with van der Waals surface area (Å²) in [5.41, 5.74) is 0.885. The largest absolute Gasteiger partial charge is 0.247 e. The van der Waals surface area contributed by atoms with E-state index in [-0.39, 0.29) is 4.90 Å². The van der Waals surface area contributed by atoms with E-state index in [2.05, 4.69) is 10.1 Å². The molecule has 0 N–H and O–H groups in total. The SMILES string of the molecule is Cc1c(S(=O)(=O)N(Cc2ccccc2)C(C)(C)C)cnn1-c1ccccn1. The maximum atomic E-state index is 13.5. The summed E-state index contributed by atoms with van der Waals surface area (Å²) >= 11 is 0. The summed E-state index contributed by atoms with van der Waals surface area (Å²) in [6.45, 7) is 7.72. The van der Waals surface area contributed by atoms with Crippen molar-refractivity contribution in [2.24, 2.45) is 0 Å². The molecule has 0 aliphatic carbocycles. The Hall–Kier alpha value is -2.51. The molecule has 0 aliphatic rings. The highest BCUT2D eigenvalue weighted by Gasteiger charge is 2.36. The topological polar surface area (TPSA) is 68.1 Å². The zero-order valence-corrected chi connectivity index (χ0v) is 16.8. The van der Waals surface area contributed by atoms with Crippen molar-refractivity contribution >= 4 is 10.0 Å². The van der Waals surface area contributed by atoms with Crippen LogP contribution in [-0.2, 0) is 16.6 Å². The maximum absolute atomic E-state index is 13.5. The van der Waals surface area contributed by atoms with Crippen molar-refractivity contribution in [3.63, 3.8) is 0 Å². The second kappa shape index (κ2) is 7.25. The Morgan fingerprint density at radius 2 is 1.70 bits per heavy atom. The Morgan fingerprint density at radius 1 is 1.04 bits per heavy atom. The third-order valence-corrected chi connectivity index (χ3v) is 6.53. The fraction of sp³-hybridized carbons (Fsp3) is 0.300. The highest BCUT2D eigenvalue weighted by Crippen LogP contribution is 2.29. The first-order chi connectivity index (χ1) is 12.7. The third-order valence-electron chi connectivity index (χ3n) is 4.32. The number of nitrogens with zero attached hydrogens (tertiary/aromatic N) is 4. The maximum Gasteiger partial charge on any atom is 0.247 e. The predicted molar refractivity (Wildman–Crippen MR) is 105 cm³/mol. The molecule has 0 aliphatic heterocycles. The lowest BCUT2D eigenvalue weighted by atomic mass is 10.1. The van der Waals surface area contributed by atoms with Gasteiger partial charge in [0.05, 0.1) is 11.9 Å². The Bertz CT molecular complexity index is 1010. The van der Waals surface area contributed by atoms with Crippen LogP contribution < -0.4 is 0 Å². The van der Waals surface area contributed by atoms with Crippen LogP contribution in [0, 0.1) is 6.92 Å². The average molecular weight is 385 g/mol. The van der Waals surface area contributed by atoms with E-state index in [9.17, 15) is 8.42 Å². The zero-order chi connectivity index (χ0) is 19.7. The van der Waals surface area contributed by atoms with Crippen LogP contribution in [0.2, 0.25) is 0 Å². The van der Waals surface area contributed by atoms with Crippen LogP contribution in [0.15, 0.2) is 65.8 Å². The van der Waals surface area contributed by atoms with Crippen molar-refractivity contribution in [1.82, 2.24) is 19.1 Å². The van der Waals surface area contributed by atoms with Crippen molar-refractivity contribution in [3.05, 3.63) is 72.2 Å². The Labute approximate surface area is 160 Å². The van der Waals surface area contributed by atoms with E-state index in [1.54, 1.807) is 29.9 Å². The number of rotatable bonds is 5. The molecule has 0 spiro atoms. The molecule has 1 aromatic carbocycles. The minimum Gasteiger partial charge on any atom is -0.237 e. The van der Waals surface area contributed by atoms with Crippen LogP contribution in [0.3, 0.4) is 0 Å². The summed E-state index contributed by atoms with van der Waals surface area (Å²) in [6, 6.07) is 15.0. The number of sulfonamides is 1. The summed E-state index contributed by atoms with van der Waals surface area (Å²) < 4.78 is 30.1. The Morgan fingerprint density at radius 3 is 2.30 bits per heavy atom. The first kappa shape index (κ1) is 19.3. The fourth-order valence-electron chi connectivity index (χ4n) is 2.91. The first-order valence-electron chi connectivity index (χ1n) is 8.74. The van der Waals surface area contributed by atoms with Crippen molar-refractivity contribution in [2.45, 2.75) is 44.7 Å². The molecule has 0 bridgehead atoms. The van der Waals surface area contributed by atoms with Crippen LogP contribution in [0.4, 0.5) is 0 Å². The minimum atomic E-state index is -3.75. The molecule has 0 saturated heterocycles. The van der Waals surface area contributed by atoms with E-state index in [1.807, 2.05) is 57.2 Å². The number of hydrogen-bond acceptors (Lipinski definition) is 4. The average Bonchev–Trinajstić information content (AvgIpc) is 3.02. The molecule has 2 aromatic heterocycles. The van der Waals surface area contributed by atoms with Gasteiger partial charge in [-0.25, -0.2) is 18.1 Å². The monoisotopic (exact) mass is 384 g/mol. The quantitative estimate of drug-likeness (QED) is 0.674. The molecular weight excluding hydrogens is 360 g/mol. The zero-order valence-electron chi connectivity index (χ0n) is 16.0. The Kier molecular flexibility index (Phi) is 5.17. The van der Waals surface area contributed by atoms with Crippen LogP contribution in [0.25, 0.3) is 5.82 Å². The van der Waals surface area contributed by atoms with Crippen molar-refractivity contribution < 1.29 is 8.42 Å². The molecule has 142 valence electrons. The van der Waals surface area contributed by atoms with Gasteiger partial charge in [0, 0.05) is 18.3 Å². The van der Waals surface area contributed by atoms with Gasteiger partial charge in [-0.15, -0.1) is 0 Å². The summed E-state index contributed by atoms with van der Waals surface area (Å²) in [6.07, 6.45) is 3.06. The van der Waals surface area contributed by atoms with E-state index < -0.39 is 15.6 Å². The van der Waals surface area contributed by atoms with Gasteiger partial charge in [-0.1, -0.05) is 36.4 Å². The van der Waals surface area contributed by atoms with Gasteiger partial charge in [0.1, 0.15) is 4.90 Å². The molecule has 0 atom stereocenters. The highest BCUT2D eigenvalue weighted by atomic mass is 32.2. The minimum absolute atomic E-state index is 0.194. The second-order valence-electron chi connectivity index (χ2n) is 7.36. The van der Waals surface area contributed by atoms with Crippen LogP contribution in [-0.4, -0.2) is 33.0 Å². The lowest BCUT2D eigenvalue weighted by molar-refractivity contribution is 0.242.